The Kier molecular flexibility index (Phi) is 5.97. The van der Waals surface area contributed by atoms with Crippen molar-refractivity contribution in [2.45, 2.75) is 12.5 Å². The lowest BCUT2D eigenvalue weighted by Crippen LogP contribution is -2.42. The molecular weight excluding hydrogens is 354 g/mol. The summed E-state index contributed by atoms with van der Waals surface area (Å²) in [7, 11) is 0. The van der Waals surface area contributed by atoms with Crippen molar-refractivity contribution >= 4 is 45.2 Å². The minimum absolute atomic E-state index is 0.0115. The van der Waals surface area contributed by atoms with Gasteiger partial charge in [0.15, 0.2) is 0 Å². The number of aliphatic carboxylic acids is 1. The zero-order valence-corrected chi connectivity index (χ0v) is 12.5. The van der Waals surface area contributed by atoms with Crippen molar-refractivity contribution in [1.29, 1.82) is 0 Å². The second-order valence-corrected chi connectivity index (χ2v) is 5.02. The van der Waals surface area contributed by atoms with Gasteiger partial charge >= 0.3 is 12.0 Å². The Labute approximate surface area is 127 Å². The lowest BCUT2D eigenvalue weighted by atomic mass is 10.2. The van der Waals surface area contributed by atoms with E-state index in [4.69, 9.17) is 16.7 Å². The van der Waals surface area contributed by atoms with Crippen molar-refractivity contribution in [2.75, 3.05) is 5.32 Å². The normalized spacial score (nSPS) is 11.6. The van der Waals surface area contributed by atoms with Gasteiger partial charge in [0.05, 0.1) is 10.7 Å². The Morgan fingerprint density at radius 3 is 2.70 bits per heavy atom. The van der Waals surface area contributed by atoms with E-state index in [0.717, 1.165) is 12.1 Å². The van der Waals surface area contributed by atoms with Gasteiger partial charge < -0.3 is 15.7 Å². The number of benzene rings is 1. The Bertz CT molecular complexity index is 530. The number of rotatable bonds is 5. The molecule has 0 saturated heterocycles. The molecule has 0 bridgehead atoms. The second-order valence-electron chi connectivity index (χ2n) is 3.76. The van der Waals surface area contributed by atoms with Crippen molar-refractivity contribution in [2.24, 2.45) is 0 Å². The van der Waals surface area contributed by atoms with Crippen LogP contribution >= 0.6 is 27.5 Å². The zero-order chi connectivity index (χ0) is 15.3. The van der Waals surface area contributed by atoms with Crippen LogP contribution in [-0.2, 0) is 4.79 Å². The number of carboxylic acids is 1. The number of carbonyl (C=O) groups is 2. The number of carbonyl (C=O) groups excluding carboxylic acids is 1. The average molecular weight is 366 g/mol. The molecule has 20 heavy (non-hydrogen) atoms. The van der Waals surface area contributed by atoms with Gasteiger partial charge in [0.1, 0.15) is 11.9 Å². The van der Waals surface area contributed by atoms with Crippen molar-refractivity contribution in [3.05, 3.63) is 40.1 Å². The van der Waals surface area contributed by atoms with Gasteiger partial charge in [-0.1, -0.05) is 17.7 Å². The molecule has 0 heterocycles. The standard InChI is InChI=1S/C12H11BrClFN2O3/c1-2-3-9(11(18)19)16-12(20)17-10-7(13)4-6(15)5-8(10)14/h2,4-5,9H,1,3H2,(H,18,19)(H2,16,17,20). The van der Waals surface area contributed by atoms with E-state index in [1.807, 2.05) is 0 Å². The molecule has 0 aliphatic heterocycles. The minimum atomic E-state index is -1.19. The summed E-state index contributed by atoms with van der Waals surface area (Å²) < 4.78 is 13.3. The van der Waals surface area contributed by atoms with E-state index in [2.05, 4.69) is 33.1 Å². The van der Waals surface area contributed by atoms with Gasteiger partial charge in [-0.2, -0.15) is 0 Å². The molecule has 0 radical (unpaired) electrons. The maximum absolute atomic E-state index is 13.0. The maximum Gasteiger partial charge on any atom is 0.326 e. The highest BCUT2D eigenvalue weighted by Gasteiger charge is 2.19. The third-order valence-electron chi connectivity index (χ3n) is 2.25. The number of anilines is 1. The van der Waals surface area contributed by atoms with E-state index in [1.165, 1.54) is 6.08 Å². The summed E-state index contributed by atoms with van der Waals surface area (Å²) in [6.45, 7) is 3.41. The molecule has 1 aromatic rings. The number of carboxylic acid groups (broad SMARTS) is 1. The fourth-order valence-electron chi connectivity index (χ4n) is 1.36. The molecule has 8 heteroatoms. The first-order valence-electron chi connectivity index (χ1n) is 5.41. The Hall–Kier alpha value is -1.60. The SMILES string of the molecule is C=CCC(NC(=O)Nc1c(Cl)cc(F)cc1Br)C(=O)O. The first kappa shape index (κ1) is 16.5. The molecule has 0 fully saturated rings. The van der Waals surface area contributed by atoms with Gasteiger partial charge in [-0.25, -0.2) is 14.0 Å². The second kappa shape index (κ2) is 7.25. The molecule has 1 aromatic carbocycles. The van der Waals surface area contributed by atoms with Crippen LogP contribution in [0.1, 0.15) is 6.42 Å². The molecule has 0 aliphatic rings. The van der Waals surface area contributed by atoms with Crippen LogP contribution in [0, 0.1) is 5.82 Å². The van der Waals surface area contributed by atoms with Crippen LogP contribution in [0.5, 0.6) is 0 Å². The van der Waals surface area contributed by atoms with Gasteiger partial charge in [0, 0.05) is 4.47 Å². The smallest absolute Gasteiger partial charge is 0.326 e. The summed E-state index contributed by atoms with van der Waals surface area (Å²) in [5, 5.41) is 13.5. The molecular formula is C12H11BrClFN2O3. The van der Waals surface area contributed by atoms with E-state index < -0.39 is 23.9 Å². The lowest BCUT2D eigenvalue weighted by molar-refractivity contribution is -0.139. The average Bonchev–Trinajstić information content (AvgIpc) is 2.33. The zero-order valence-electron chi connectivity index (χ0n) is 10.1. The van der Waals surface area contributed by atoms with Crippen LogP contribution in [0.25, 0.3) is 0 Å². The van der Waals surface area contributed by atoms with E-state index in [-0.39, 0.29) is 21.6 Å². The highest BCUT2D eigenvalue weighted by Crippen LogP contribution is 2.31. The highest BCUT2D eigenvalue weighted by molar-refractivity contribution is 9.10. The van der Waals surface area contributed by atoms with Crippen LogP contribution in [0.3, 0.4) is 0 Å². The van der Waals surface area contributed by atoms with Crippen molar-refractivity contribution in [3.8, 4) is 0 Å². The number of nitrogens with one attached hydrogen (secondary N) is 2. The Morgan fingerprint density at radius 1 is 1.55 bits per heavy atom. The van der Waals surface area contributed by atoms with Crippen LogP contribution in [0.2, 0.25) is 5.02 Å². The van der Waals surface area contributed by atoms with E-state index in [1.54, 1.807) is 0 Å². The lowest BCUT2D eigenvalue weighted by Gasteiger charge is -2.15. The summed E-state index contributed by atoms with van der Waals surface area (Å²) in [5.41, 5.74) is 0.147. The molecule has 0 saturated carbocycles. The fraction of sp³-hybridized carbons (Fsp3) is 0.167. The first-order valence-corrected chi connectivity index (χ1v) is 6.58. The van der Waals surface area contributed by atoms with E-state index in [0.29, 0.717) is 0 Å². The predicted octanol–water partition coefficient (Wildman–Crippen LogP) is 3.39. The van der Waals surface area contributed by atoms with Crippen LogP contribution in [-0.4, -0.2) is 23.1 Å². The highest BCUT2D eigenvalue weighted by atomic mass is 79.9. The number of hydrogen-bond acceptors (Lipinski definition) is 2. The number of urea groups is 1. The van der Waals surface area contributed by atoms with Gasteiger partial charge in [-0.05, 0) is 34.5 Å². The first-order chi connectivity index (χ1) is 9.35. The Balaban J connectivity index is 2.81. The third kappa shape index (κ3) is 4.50. The molecule has 1 unspecified atom stereocenters. The molecule has 0 aliphatic carbocycles. The molecule has 2 amide bonds. The summed E-state index contributed by atoms with van der Waals surface area (Å²) in [6, 6.07) is 0.277. The molecule has 1 rings (SSSR count). The van der Waals surface area contributed by atoms with Crippen LogP contribution < -0.4 is 10.6 Å². The van der Waals surface area contributed by atoms with Crippen LogP contribution in [0.4, 0.5) is 14.9 Å². The van der Waals surface area contributed by atoms with Gasteiger partial charge in [0.25, 0.3) is 0 Å². The van der Waals surface area contributed by atoms with Gasteiger partial charge in [-0.3, -0.25) is 0 Å². The summed E-state index contributed by atoms with van der Waals surface area (Å²) in [6.07, 6.45) is 1.45. The monoisotopic (exact) mass is 364 g/mol. The molecule has 108 valence electrons. The minimum Gasteiger partial charge on any atom is -0.480 e. The maximum atomic E-state index is 13.0. The van der Waals surface area contributed by atoms with Crippen molar-refractivity contribution < 1.29 is 19.1 Å². The molecule has 1 atom stereocenters. The quantitative estimate of drug-likeness (QED) is 0.700. The number of hydrogen-bond donors (Lipinski definition) is 3. The largest absolute Gasteiger partial charge is 0.480 e. The van der Waals surface area contributed by atoms with Crippen LogP contribution in [0.15, 0.2) is 29.3 Å². The predicted molar refractivity (Wildman–Crippen MR) is 77.5 cm³/mol. The number of amides is 2. The molecule has 3 N–H and O–H groups in total. The molecule has 5 nitrogen and oxygen atoms in total. The third-order valence-corrected chi connectivity index (χ3v) is 3.17. The molecule has 0 aromatic heterocycles. The molecule has 0 spiro atoms. The number of halogens is 3. The van der Waals surface area contributed by atoms with Crippen molar-refractivity contribution in [3.63, 3.8) is 0 Å². The topological polar surface area (TPSA) is 78.4 Å². The Morgan fingerprint density at radius 2 is 2.20 bits per heavy atom. The van der Waals surface area contributed by atoms with Gasteiger partial charge in [0.2, 0.25) is 0 Å². The van der Waals surface area contributed by atoms with E-state index in [9.17, 15) is 14.0 Å². The van der Waals surface area contributed by atoms with E-state index >= 15 is 0 Å². The van der Waals surface area contributed by atoms with Crippen molar-refractivity contribution in [1.82, 2.24) is 5.32 Å². The summed E-state index contributed by atoms with van der Waals surface area (Å²) >= 11 is 8.85. The van der Waals surface area contributed by atoms with Gasteiger partial charge in [-0.15, -0.1) is 6.58 Å². The summed E-state index contributed by atoms with van der Waals surface area (Å²) in [4.78, 5) is 22.6. The fourth-order valence-corrected chi connectivity index (χ4v) is 2.26. The summed E-state index contributed by atoms with van der Waals surface area (Å²) in [5.74, 6) is -1.76.